The van der Waals surface area contributed by atoms with E-state index in [-0.39, 0.29) is 18.0 Å². The number of aromatic amines is 1. The van der Waals surface area contributed by atoms with E-state index < -0.39 is 0 Å². The van der Waals surface area contributed by atoms with Crippen molar-refractivity contribution in [1.29, 1.82) is 0 Å². The summed E-state index contributed by atoms with van der Waals surface area (Å²) in [5, 5.41) is 4.18. The molecule has 9 heteroatoms. The van der Waals surface area contributed by atoms with Gasteiger partial charge in [-0.25, -0.2) is 4.98 Å². The van der Waals surface area contributed by atoms with Crippen molar-refractivity contribution in [1.82, 2.24) is 23.9 Å². The average molecular weight is 389 g/mol. The summed E-state index contributed by atoms with van der Waals surface area (Å²) < 4.78 is 2.46. The fourth-order valence-corrected chi connectivity index (χ4v) is 4.32. The smallest absolute Gasteiger partial charge is 0.275 e. The van der Waals surface area contributed by atoms with Crippen molar-refractivity contribution < 1.29 is 0 Å². The first-order valence-electron chi connectivity index (χ1n) is 8.39. The SMILES string of the molecule is Cl.O=c1c2ccccc2sn1-c1nc(NC2CCCC2)c2[nH]cnc2n1. The fraction of sp³-hybridized carbons (Fsp3) is 0.294. The van der Waals surface area contributed by atoms with E-state index in [4.69, 9.17) is 0 Å². The van der Waals surface area contributed by atoms with Gasteiger partial charge in [0.25, 0.3) is 11.5 Å². The molecule has 1 fully saturated rings. The van der Waals surface area contributed by atoms with Crippen molar-refractivity contribution in [2.45, 2.75) is 31.7 Å². The number of rotatable bonds is 3. The molecule has 4 aromatic rings. The van der Waals surface area contributed by atoms with E-state index in [1.54, 1.807) is 10.3 Å². The second-order valence-electron chi connectivity index (χ2n) is 6.29. The largest absolute Gasteiger partial charge is 0.365 e. The quantitative estimate of drug-likeness (QED) is 0.560. The van der Waals surface area contributed by atoms with Crippen LogP contribution in [0.5, 0.6) is 0 Å². The Morgan fingerprint density at radius 1 is 1.19 bits per heavy atom. The molecule has 26 heavy (non-hydrogen) atoms. The van der Waals surface area contributed by atoms with Gasteiger partial charge < -0.3 is 10.3 Å². The first-order valence-corrected chi connectivity index (χ1v) is 9.16. The van der Waals surface area contributed by atoms with E-state index in [0.29, 0.717) is 28.8 Å². The maximum atomic E-state index is 12.7. The second kappa shape index (κ2) is 6.69. The summed E-state index contributed by atoms with van der Waals surface area (Å²) in [5.41, 5.74) is 1.25. The fourth-order valence-electron chi connectivity index (χ4n) is 3.38. The maximum absolute atomic E-state index is 12.7. The molecule has 7 nitrogen and oxygen atoms in total. The maximum Gasteiger partial charge on any atom is 0.275 e. The highest BCUT2D eigenvalue weighted by Crippen LogP contribution is 2.26. The molecule has 3 aromatic heterocycles. The Labute approximate surface area is 159 Å². The van der Waals surface area contributed by atoms with Gasteiger partial charge in [-0.3, -0.25) is 4.79 Å². The Balaban J connectivity index is 0.00000168. The first-order chi connectivity index (χ1) is 12.3. The number of halogens is 1. The molecule has 5 rings (SSSR count). The Kier molecular flexibility index (Phi) is 4.37. The molecular weight excluding hydrogens is 372 g/mol. The van der Waals surface area contributed by atoms with E-state index in [2.05, 4.69) is 25.3 Å². The molecule has 2 N–H and O–H groups in total. The molecule has 0 atom stereocenters. The molecular formula is C17H17ClN6OS. The lowest BCUT2D eigenvalue weighted by Crippen LogP contribution is -2.19. The summed E-state index contributed by atoms with van der Waals surface area (Å²) in [6.45, 7) is 0. The third-order valence-electron chi connectivity index (χ3n) is 4.64. The number of nitrogens with one attached hydrogen (secondary N) is 2. The van der Waals surface area contributed by atoms with Crippen LogP contribution in [0.4, 0.5) is 5.82 Å². The number of aromatic nitrogens is 5. The highest BCUT2D eigenvalue weighted by molar-refractivity contribution is 7.14. The minimum Gasteiger partial charge on any atom is -0.365 e. The number of anilines is 1. The minimum absolute atomic E-state index is 0. The average Bonchev–Trinajstić information content (AvgIpc) is 3.35. The standard InChI is InChI=1S/C17H16N6OS.ClH/c24-16-11-7-3-4-8-12(11)25-23(16)17-21-14-13(18-9-19-14)15(22-17)20-10-5-1-2-6-10;/h3-4,7-10H,1-2,5-6H2,(H2,18,19,20,21,22);1H. The lowest BCUT2D eigenvalue weighted by molar-refractivity contribution is 0.750. The van der Waals surface area contributed by atoms with Gasteiger partial charge in [-0.05, 0) is 36.5 Å². The van der Waals surface area contributed by atoms with Crippen LogP contribution in [0, 0.1) is 0 Å². The van der Waals surface area contributed by atoms with E-state index in [9.17, 15) is 4.79 Å². The van der Waals surface area contributed by atoms with Gasteiger partial charge in [-0.1, -0.05) is 25.0 Å². The number of fused-ring (bicyclic) bond motifs is 2. The van der Waals surface area contributed by atoms with Crippen LogP contribution in [0.2, 0.25) is 0 Å². The summed E-state index contributed by atoms with van der Waals surface area (Å²) in [4.78, 5) is 29.2. The van der Waals surface area contributed by atoms with Crippen LogP contribution >= 0.6 is 23.9 Å². The third-order valence-corrected chi connectivity index (χ3v) is 5.71. The zero-order valence-electron chi connectivity index (χ0n) is 13.8. The molecule has 1 saturated carbocycles. The molecule has 1 aliphatic rings. The number of benzene rings is 1. The van der Waals surface area contributed by atoms with Crippen molar-refractivity contribution >= 4 is 51.0 Å². The predicted molar refractivity (Wildman–Crippen MR) is 106 cm³/mol. The van der Waals surface area contributed by atoms with Gasteiger partial charge in [-0.15, -0.1) is 12.4 Å². The van der Waals surface area contributed by atoms with Crippen LogP contribution in [0.3, 0.4) is 0 Å². The van der Waals surface area contributed by atoms with Crippen LogP contribution in [0.15, 0.2) is 35.4 Å². The van der Waals surface area contributed by atoms with E-state index in [1.165, 1.54) is 24.4 Å². The minimum atomic E-state index is -0.0951. The Morgan fingerprint density at radius 3 is 2.81 bits per heavy atom. The highest BCUT2D eigenvalue weighted by Gasteiger charge is 2.20. The molecule has 1 aromatic carbocycles. The topological polar surface area (TPSA) is 88.5 Å². The van der Waals surface area contributed by atoms with Crippen molar-refractivity contribution in [2.24, 2.45) is 0 Å². The molecule has 0 amide bonds. The summed E-state index contributed by atoms with van der Waals surface area (Å²) in [6, 6.07) is 7.96. The van der Waals surface area contributed by atoms with Crippen LogP contribution < -0.4 is 10.9 Å². The molecule has 0 saturated heterocycles. The summed E-state index contributed by atoms with van der Waals surface area (Å²) in [6.07, 6.45) is 6.35. The predicted octanol–water partition coefficient (Wildman–Crippen LogP) is 3.49. The van der Waals surface area contributed by atoms with Gasteiger partial charge in [-0.2, -0.15) is 13.9 Å². The van der Waals surface area contributed by atoms with Gasteiger partial charge in [0.2, 0.25) is 0 Å². The van der Waals surface area contributed by atoms with Crippen LogP contribution in [0.1, 0.15) is 25.7 Å². The zero-order valence-corrected chi connectivity index (χ0v) is 15.4. The summed E-state index contributed by atoms with van der Waals surface area (Å²) >= 11 is 1.35. The molecule has 0 spiro atoms. The first kappa shape index (κ1) is 17.0. The van der Waals surface area contributed by atoms with Crippen molar-refractivity contribution in [3.05, 3.63) is 40.9 Å². The van der Waals surface area contributed by atoms with Crippen LogP contribution in [-0.2, 0) is 0 Å². The van der Waals surface area contributed by atoms with Gasteiger partial charge in [0.1, 0.15) is 5.52 Å². The normalized spacial score (nSPS) is 14.8. The van der Waals surface area contributed by atoms with Gasteiger partial charge >= 0.3 is 0 Å². The Morgan fingerprint density at radius 2 is 2.00 bits per heavy atom. The van der Waals surface area contributed by atoms with Gasteiger partial charge in [0.05, 0.1) is 16.4 Å². The van der Waals surface area contributed by atoms with Crippen LogP contribution in [0.25, 0.3) is 27.2 Å². The number of imidazole rings is 1. The lowest BCUT2D eigenvalue weighted by Gasteiger charge is -2.13. The van der Waals surface area contributed by atoms with Gasteiger partial charge in [0, 0.05) is 6.04 Å². The molecule has 1 aliphatic carbocycles. The zero-order chi connectivity index (χ0) is 16.8. The molecule has 0 unspecified atom stereocenters. The number of H-pyrrole nitrogens is 1. The van der Waals surface area contributed by atoms with Crippen molar-refractivity contribution in [3.63, 3.8) is 0 Å². The van der Waals surface area contributed by atoms with E-state index in [0.717, 1.165) is 23.1 Å². The molecule has 134 valence electrons. The lowest BCUT2D eigenvalue weighted by atomic mass is 10.2. The second-order valence-corrected chi connectivity index (χ2v) is 7.27. The highest BCUT2D eigenvalue weighted by atomic mass is 35.5. The van der Waals surface area contributed by atoms with Crippen molar-refractivity contribution in [3.8, 4) is 5.95 Å². The Bertz CT molecular complexity index is 1130. The van der Waals surface area contributed by atoms with Crippen LogP contribution in [-0.4, -0.2) is 29.9 Å². The molecule has 0 aliphatic heterocycles. The Hall–Kier alpha value is -2.45. The molecule has 0 radical (unpaired) electrons. The summed E-state index contributed by atoms with van der Waals surface area (Å²) in [5.74, 6) is 1.08. The van der Waals surface area contributed by atoms with Gasteiger partial charge in [0.15, 0.2) is 11.5 Å². The van der Waals surface area contributed by atoms with Crippen molar-refractivity contribution in [2.75, 3.05) is 5.32 Å². The number of hydrogen-bond donors (Lipinski definition) is 2. The number of hydrogen-bond acceptors (Lipinski definition) is 6. The molecule has 3 heterocycles. The molecule has 0 bridgehead atoms. The van der Waals surface area contributed by atoms with E-state index in [1.807, 2.05) is 24.3 Å². The third kappa shape index (κ3) is 2.75. The number of nitrogens with zero attached hydrogens (tertiary/aromatic N) is 4. The monoisotopic (exact) mass is 388 g/mol. The van der Waals surface area contributed by atoms with E-state index >= 15 is 0 Å². The summed E-state index contributed by atoms with van der Waals surface area (Å²) in [7, 11) is 0.